The Morgan fingerprint density at radius 1 is 1.32 bits per heavy atom. The van der Waals surface area contributed by atoms with Crippen LogP contribution in [0.4, 0.5) is 0 Å². The maximum Gasteiger partial charge on any atom is 0.343 e. The molecule has 2 aromatic rings. The smallest absolute Gasteiger partial charge is 0.343 e. The van der Waals surface area contributed by atoms with Crippen molar-refractivity contribution in [3.8, 4) is 5.75 Å². The Bertz CT molecular complexity index is 902. The summed E-state index contributed by atoms with van der Waals surface area (Å²) in [5, 5.41) is 15.7. The zero-order valence-corrected chi connectivity index (χ0v) is 13.2. The molecular formula is C16H16N4O5. The first-order chi connectivity index (χ1) is 12.1. The van der Waals surface area contributed by atoms with Crippen LogP contribution in [-0.4, -0.2) is 49.3 Å². The van der Waals surface area contributed by atoms with Crippen molar-refractivity contribution in [3.05, 3.63) is 46.1 Å². The lowest BCUT2D eigenvalue weighted by Gasteiger charge is -2.36. The molecule has 9 nitrogen and oxygen atoms in total. The SMILES string of the molecule is O=C(O)C1Cn2c(n[nH]c2=O)CN1C(=O)C1CCOc2ccccc21. The number of carbonyl (C=O) groups is 2. The fraction of sp³-hybridized carbons (Fsp3) is 0.375. The number of nitrogens with zero attached hydrogens (tertiary/aromatic N) is 3. The average Bonchev–Trinajstić information content (AvgIpc) is 3.00. The summed E-state index contributed by atoms with van der Waals surface area (Å²) in [6.07, 6.45) is 0.478. The van der Waals surface area contributed by atoms with Gasteiger partial charge in [0.1, 0.15) is 11.8 Å². The van der Waals surface area contributed by atoms with Gasteiger partial charge in [0.25, 0.3) is 0 Å². The molecule has 9 heteroatoms. The van der Waals surface area contributed by atoms with E-state index in [0.29, 0.717) is 24.6 Å². The second-order valence-corrected chi connectivity index (χ2v) is 6.10. The van der Waals surface area contributed by atoms with Crippen molar-refractivity contribution in [1.29, 1.82) is 0 Å². The fourth-order valence-corrected chi connectivity index (χ4v) is 3.43. The van der Waals surface area contributed by atoms with E-state index in [1.807, 2.05) is 18.2 Å². The Balaban J connectivity index is 1.70. The van der Waals surface area contributed by atoms with Crippen molar-refractivity contribution in [3.63, 3.8) is 0 Å². The van der Waals surface area contributed by atoms with Gasteiger partial charge in [0.05, 0.1) is 25.6 Å². The summed E-state index contributed by atoms with van der Waals surface area (Å²) in [7, 11) is 0. The highest BCUT2D eigenvalue weighted by molar-refractivity contribution is 5.89. The van der Waals surface area contributed by atoms with Crippen LogP contribution in [0.25, 0.3) is 0 Å². The molecule has 1 aromatic carbocycles. The molecule has 0 bridgehead atoms. The zero-order chi connectivity index (χ0) is 17.6. The number of amides is 1. The normalized spacial score (nSPS) is 21.8. The highest BCUT2D eigenvalue weighted by atomic mass is 16.5. The van der Waals surface area contributed by atoms with Gasteiger partial charge >= 0.3 is 11.7 Å². The molecule has 2 unspecified atom stereocenters. The topological polar surface area (TPSA) is 118 Å². The van der Waals surface area contributed by atoms with E-state index in [4.69, 9.17) is 4.74 Å². The lowest BCUT2D eigenvalue weighted by Crippen LogP contribution is -2.53. The van der Waals surface area contributed by atoms with Gasteiger partial charge < -0.3 is 14.7 Å². The number of hydrogen-bond donors (Lipinski definition) is 2. The lowest BCUT2D eigenvalue weighted by atomic mass is 9.91. The first-order valence-corrected chi connectivity index (χ1v) is 7.95. The molecule has 2 aliphatic rings. The minimum atomic E-state index is -1.15. The molecule has 0 saturated carbocycles. The van der Waals surface area contributed by atoms with Crippen LogP contribution in [0, 0.1) is 0 Å². The van der Waals surface area contributed by atoms with Crippen LogP contribution in [0.2, 0.25) is 0 Å². The molecule has 1 aromatic heterocycles. The van der Waals surface area contributed by atoms with E-state index in [2.05, 4.69) is 10.2 Å². The Kier molecular flexibility index (Phi) is 3.56. The molecule has 4 rings (SSSR count). The van der Waals surface area contributed by atoms with Crippen LogP contribution in [0.15, 0.2) is 29.1 Å². The number of H-pyrrole nitrogens is 1. The van der Waals surface area contributed by atoms with Gasteiger partial charge in [-0.3, -0.25) is 9.36 Å². The highest BCUT2D eigenvalue weighted by Crippen LogP contribution is 2.35. The largest absolute Gasteiger partial charge is 0.493 e. The summed E-state index contributed by atoms with van der Waals surface area (Å²) in [6, 6.07) is 6.16. The molecule has 25 heavy (non-hydrogen) atoms. The maximum atomic E-state index is 13.1. The minimum absolute atomic E-state index is 0.0198. The van der Waals surface area contributed by atoms with Crippen LogP contribution in [0.3, 0.4) is 0 Å². The van der Waals surface area contributed by atoms with Gasteiger partial charge in [-0.1, -0.05) is 18.2 Å². The molecule has 130 valence electrons. The van der Waals surface area contributed by atoms with Crippen molar-refractivity contribution >= 4 is 11.9 Å². The maximum absolute atomic E-state index is 13.1. The predicted molar refractivity (Wildman–Crippen MR) is 84.1 cm³/mol. The van der Waals surface area contributed by atoms with Crippen LogP contribution >= 0.6 is 0 Å². The molecule has 2 aliphatic heterocycles. The van der Waals surface area contributed by atoms with Crippen LogP contribution < -0.4 is 10.4 Å². The number of aliphatic carboxylic acids is 1. The second kappa shape index (κ2) is 5.76. The number of benzene rings is 1. The van der Waals surface area contributed by atoms with E-state index in [1.165, 1.54) is 9.47 Å². The fourth-order valence-electron chi connectivity index (χ4n) is 3.43. The molecule has 3 heterocycles. The van der Waals surface area contributed by atoms with Crippen LogP contribution in [0.1, 0.15) is 23.7 Å². The molecule has 0 radical (unpaired) electrons. The quantitative estimate of drug-likeness (QED) is 0.788. The number of hydrogen-bond acceptors (Lipinski definition) is 5. The van der Waals surface area contributed by atoms with Crippen LogP contribution in [-0.2, 0) is 22.7 Å². The van der Waals surface area contributed by atoms with Gasteiger partial charge in [-0.05, 0) is 12.5 Å². The third-order valence-corrected chi connectivity index (χ3v) is 4.71. The summed E-state index contributed by atoms with van der Waals surface area (Å²) in [4.78, 5) is 37.8. The number of aromatic amines is 1. The van der Waals surface area contributed by atoms with Gasteiger partial charge in [-0.25, -0.2) is 14.7 Å². The molecule has 0 saturated heterocycles. The van der Waals surface area contributed by atoms with Gasteiger partial charge in [0, 0.05) is 5.56 Å². The average molecular weight is 344 g/mol. The number of carboxylic acid groups (broad SMARTS) is 1. The summed E-state index contributed by atoms with van der Waals surface area (Å²) >= 11 is 0. The van der Waals surface area contributed by atoms with Gasteiger partial charge in [-0.15, -0.1) is 0 Å². The minimum Gasteiger partial charge on any atom is -0.493 e. The Morgan fingerprint density at radius 3 is 2.92 bits per heavy atom. The van der Waals surface area contributed by atoms with Gasteiger partial charge in [-0.2, -0.15) is 5.10 Å². The third kappa shape index (κ3) is 2.48. The van der Waals surface area contributed by atoms with E-state index >= 15 is 0 Å². The number of carboxylic acids is 1. The Morgan fingerprint density at radius 2 is 2.12 bits per heavy atom. The Hall–Kier alpha value is -3.10. The number of para-hydroxylation sites is 1. The first kappa shape index (κ1) is 15.4. The second-order valence-electron chi connectivity index (χ2n) is 6.10. The van der Waals surface area contributed by atoms with Crippen LogP contribution in [0.5, 0.6) is 5.75 Å². The van der Waals surface area contributed by atoms with E-state index in [0.717, 1.165) is 5.56 Å². The summed E-state index contributed by atoms with van der Waals surface area (Å²) in [6.45, 7) is 0.261. The zero-order valence-electron chi connectivity index (χ0n) is 13.2. The number of rotatable bonds is 2. The number of aromatic nitrogens is 3. The van der Waals surface area contributed by atoms with Crippen molar-refractivity contribution in [2.45, 2.75) is 31.5 Å². The molecule has 0 aliphatic carbocycles. The van der Waals surface area contributed by atoms with E-state index in [1.54, 1.807) is 6.07 Å². The summed E-state index contributed by atoms with van der Waals surface area (Å²) in [5.41, 5.74) is 0.289. The Labute approximate surface area is 141 Å². The number of fused-ring (bicyclic) bond motifs is 2. The van der Waals surface area contributed by atoms with Gasteiger partial charge in [0.15, 0.2) is 5.82 Å². The molecule has 0 spiro atoms. The lowest BCUT2D eigenvalue weighted by molar-refractivity contribution is -0.153. The van der Waals surface area contributed by atoms with Crippen molar-refractivity contribution < 1.29 is 19.4 Å². The molecule has 2 N–H and O–H groups in total. The standard InChI is InChI=1S/C16H16N4O5/c21-14(10-5-6-25-12-4-2-1-3-9(10)12)19-8-13-17-18-16(24)20(13)7-11(19)15(22)23/h1-4,10-11H,5-8H2,(H,18,24)(H,22,23). The molecule has 1 amide bonds. The van der Waals surface area contributed by atoms with E-state index < -0.39 is 23.6 Å². The van der Waals surface area contributed by atoms with Gasteiger partial charge in [0.2, 0.25) is 5.91 Å². The number of nitrogens with one attached hydrogen (secondary N) is 1. The highest BCUT2D eigenvalue weighted by Gasteiger charge is 2.40. The van der Waals surface area contributed by atoms with E-state index in [-0.39, 0.29) is 19.0 Å². The molecule has 0 fully saturated rings. The molecular weight excluding hydrogens is 328 g/mol. The predicted octanol–water partition coefficient (Wildman–Crippen LogP) is -0.0669. The monoisotopic (exact) mass is 344 g/mol. The number of carbonyl (C=O) groups excluding carboxylic acids is 1. The van der Waals surface area contributed by atoms with E-state index in [9.17, 15) is 19.5 Å². The van der Waals surface area contributed by atoms with Crippen molar-refractivity contribution in [2.24, 2.45) is 0 Å². The number of ether oxygens (including phenoxy) is 1. The van der Waals surface area contributed by atoms with Crippen molar-refractivity contribution in [2.75, 3.05) is 6.61 Å². The first-order valence-electron chi connectivity index (χ1n) is 7.95. The summed E-state index contributed by atoms with van der Waals surface area (Å²) in [5.74, 6) is -0.898. The summed E-state index contributed by atoms with van der Waals surface area (Å²) < 4.78 is 6.84. The van der Waals surface area contributed by atoms with Crippen molar-refractivity contribution in [1.82, 2.24) is 19.7 Å². The third-order valence-electron chi connectivity index (χ3n) is 4.71. The molecule has 2 atom stereocenters.